The van der Waals surface area contributed by atoms with Gasteiger partial charge in [0.1, 0.15) is 5.75 Å². The highest BCUT2D eigenvalue weighted by Gasteiger charge is 2.22. The summed E-state index contributed by atoms with van der Waals surface area (Å²) in [6.45, 7) is 0.939. The monoisotopic (exact) mass is 402 g/mol. The lowest BCUT2D eigenvalue weighted by Gasteiger charge is -2.15. The van der Waals surface area contributed by atoms with Crippen LogP contribution in [-0.2, 0) is 6.54 Å². The van der Waals surface area contributed by atoms with E-state index in [0.717, 1.165) is 22.5 Å². The van der Waals surface area contributed by atoms with Crippen molar-refractivity contribution in [3.05, 3.63) is 95.5 Å². The number of carbonyl (C=O) groups is 2. The molecular weight excluding hydrogens is 380 g/mol. The van der Waals surface area contributed by atoms with Gasteiger partial charge in [-0.25, -0.2) is 4.79 Å². The lowest BCUT2D eigenvalue weighted by molar-refractivity contribution is 0.0951. The first-order valence-electron chi connectivity index (χ1n) is 9.55. The van der Waals surface area contributed by atoms with Gasteiger partial charge in [0.15, 0.2) is 0 Å². The van der Waals surface area contributed by atoms with Gasteiger partial charge in [0.25, 0.3) is 5.91 Å². The van der Waals surface area contributed by atoms with Crippen LogP contribution in [0.5, 0.6) is 5.75 Å². The number of allylic oxidation sites excluding steroid dienone is 1. The summed E-state index contributed by atoms with van der Waals surface area (Å²) in [4.78, 5) is 26.5. The van der Waals surface area contributed by atoms with Gasteiger partial charge in [0.05, 0.1) is 13.7 Å². The van der Waals surface area contributed by atoms with Gasteiger partial charge < -0.3 is 20.7 Å². The molecule has 3 N–H and O–H groups in total. The summed E-state index contributed by atoms with van der Waals surface area (Å²) < 4.78 is 5.13. The highest BCUT2D eigenvalue weighted by molar-refractivity contribution is 5.95. The number of benzene rings is 2. The van der Waals surface area contributed by atoms with Crippen LogP contribution in [0, 0.1) is 0 Å². The van der Waals surface area contributed by atoms with Crippen LogP contribution in [0.2, 0.25) is 0 Å². The van der Waals surface area contributed by atoms with Gasteiger partial charge >= 0.3 is 6.03 Å². The maximum absolute atomic E-state index is 12.5. The van der Waals surface area contributed by atoms with E-state index in [9.17, 15) is 9.59 Å². The van der Waals surface area contributed by atoms with Crippen LogP contribution in [0.3, 0.4) is 0 Å². The van der Waals surface area contributed by atoms with Crippen LogP contribution in [-0.4, -0.2) is 30.5 Å². The number of urea groups is 1. The minimum atomic E-state index is -0.220. The number of hydrogen-bond donors (Lipinski definition) is 3. The summed E-state index contributed by atoms with van der Waals surface area (Å²) in [7, 11) is 1.62. The van der Waals surface area contributed by atoms with E-state index < -0.39 is 0 Å². The van der Waals surface area contributed by atoms with Crippen molar-refractivity contribution in [2.24, 2.45) is 0 Å². The van der Waals surface area contributed by atoms with Crippen molar-refractivity contribution in [2.45, 2.75) is 6.54 Å². The number of dihydropyridines is 1. The summed E-state index contributed by atoms with van der Waals surface area (Å²) in [6.07, 6.45) is 7.47. The number of anilines is 1. The van der Waals surface area contributed by atoms with Gasteiger partial charge in [0.2, 0.25) is 0 Å². The van der Waals surface area contributed by atoms with Gasteiger partial charge in [-0.2, -0.15) is 0 Å². The molecule has 0 atom stereocenters. The number of fused-ring (bicyclic) bond motifs is 1. The fraction of sp³-hybridized carbons (Fsp3) is 0.130. The number of amides is 3. The number of nitrogens with one attached hydrogen (secondary N) is 3. The molecule has 0 saturated heterocycles. The summed E-state index contributed by atoms with van der Waals surface area (Å²) in [5.74, 6) is 0.597. The predicted octanol–water partition coefficient (Wildman–Crippen LogP) is 3.36. The number of ether oxygens (including phenoxy) is 1. The van der Waals surface area contributed by atoms with E-state index in [1.165, 1.54) is 0 Å². The molecule has 0 fully saturated rings. The van der Waals surface area contributed by atoms with Crippen molar-refractivity contribution in [3.63, 3.8) is 0 Å². The molecule has 2 aliphatic heterocycles. The molecular formula is C23H22N4O3. The van der Waals surface area contributed by atoms with Crippen LogP contribution in [0.4, 0.5) is 10.5 Å². The van der Waals surface area contributed by atoms with E-state index >= 15 is 0 Å². The van der Waals surface area contributed by atoms with Gasteiger partial charge in [-0.05, 0) is 59.2 Å². The van der Waals surface area contributed by atoms with Crippen molar-refractivity contribution in [3.8, 4) is 5.75 Å². The molecule has 7 nitrogen and oxygen atoms in total. The number of rotatable bonds is 5. The molecule has 2 aromatic rings. The zero-order valence-corrected chi connectivity index (χ0v) is 16.5. The number of nitrogens with zero attached hydrogens (tertiary/aromatic N) is 1. The maximum atomic E-state index is 12.5. The summed E-state index contributed by atoms with van der Waals surface area (Å²) in [6, 6.07) is 14.1. The zero-order chi connectivity index (χ0) is 20.9. The minimum Gasteiger partial charge on any atom is -0.497 e. The second-order valence-electron chi connectivity index (χ2n) is 6.92. The fourth-order valence-electron chi connectivity index (χ4n) is 3.20. The smallest absolute Gasteiger partial charge is 0.326 e. The molecule has 7 heteroatoms. The quantitative estimate of drug-likeness (QED) is 0.716. The summed E-state index contributed by atoms with van der Waals surface area (Å²) >= 11 is 0. The molecule has 3 amide bonds. The number of hydrogen-bond acceptors (Lipinski definition) is 4. The Hall–Kier alpha value is -4.00. The fourth-order valence-corrected chi connectivity index (χ4v) is 3.20. The van der Waals surface area contributed by atoms with Gasteiger partial charge in [-0.3, -0.25) is 9.69 Å². The van der Waals surface area contributed by atoms with Crippen LogP contribution >= 0.6 is 0 Å². The third-order valence-electron chi connectivity index (χ3n) is 4.89. The second-order valence-corrected chi connectivity index (χ2v) is 6.92. The number of methoxy groups -OCH3 is 1. The molecule has 2 aliphatic rings. The molecule has 30 heavy (non-hydrogen) atoms. The minimum absolute atomic E-state index is 0.178. The Morgan fingerprint density at radius 2 is 1.87 bits per heavy atom. The van der Waals surface area contributed by atoms with Crippen molar-refractivity contribution < 1.29 is 14.3 Å². The molecule has 152 valence electrons. The van der Waals surface area contributed by atoms with Crippen LogP contribution < -0.4 is 20.7 Å². The summed E-state index contributed by atoms with van der Waals surface area (Å²) in [5.41, 5.74) is 4.22. The molecule has 2 heterocycles. The van der Waals surface area contributed by atoms with Crippen molar-refractivity contribution in [2.75, 3.05) is 19.0 Å². The van der Waals surface area contributed by atoms with Crippen LogP contribution in [0.1, 0.15) is 15.9 Å². The van der Waals surface area contributed by atoms with E-state index in [1.807, 2.05) is 48.9 Å². The summed E-state index contributed by atoms with van der Waals surface area (Å²) in [5, 5.41) is 8.76. The van der Waals surface area contributed by atoms with Crippen LogP contribution in [0.15, 0.2) is 84.4 Å². The first-order valence-corrected chi connectivity index (χ1v) is 9.55. The largest absolute Gasteiger partial charge is 0.497 e. The molecule has 0 spiro atoms. The molecule has 0 aromatic heterocycles. The Kier molecular flexibility index (Phi) is 5.52. The topological polar surface area (TPSA) is 82.7 Å². The highest BCUT2D eigenvalue weighted by Crippen LogP contribution is 2.24. The first-order chi connectivity index (χ1) is 14.6. The van der Waals surface area contributed by atoms with E-state index in [4.69, 9.17) is 4.74 Å². The molecule has 0 radical (unpaired) electrons. The first kappa shape index (κ1) is 19.3. The maximum Gasteiger partial charge on any atom is 0.326 e. The van der Waals surface area contributed by atoms with E-state index in [-0.39, 0.29) is 11.9 Å². The van der Waals surface area contributed by atoms with Gasteiger partial charge in [-0.1, -0.05) is 12.1 Å². The SMILES string of the molecule is COc1ccc(CNC(=O)c2ccc(NC(=O)N3C=C4C=CNC=C4C3)cc2)cc1. The van der Waals surface area contributed by atoms with E-state index in [0.29, 0.717) is 24.3 Å². The van der Waals surface area contributed by atoms with Crippen molar-refractivity contribution in [1.29, 1.82) is 0 Å². The Bertz CT molecular complexity index is 1040. The van der Waals surface area contributed by atoms with Gasteiger partial charge in [-0.15, -0.1) is 0 Å². The Labute approximate surface area is 174 Å². The third-order valence-corrected chi connectivity index (χ3v) is 4.89. The molecule has 4 rings (SSSR count). The molecule has 0 unspecified atom stereocenters. The average Bonchev–Trinajstić information content (AvgIpc) is 3.23. The lowest BCUT2D eigenvalue weighted by atomic mass is 10.1. The third kappa shape index (κ3) is 4.35. The molecule has 0 saturated carbocycles. The van der Waals surface area contributed by atoms with Crippen molar-refractivity contribution in [1.82, 2.24) is 15.5 Å². The normalized spacial score (nSPS) is 14.2. The molecule has 0 aliphatic carbocycles. The second kappa shape index (κ2) is 8.57. The average molecular weight is 402 g/mol. The van der Waals surface area contributed by atoms with Crippen molar-refractivity contribution >= 4 is 17.6 Å². The molecule has 2 aromatic carbocycles. The zero-order valence-electron chi connectivity index (χ0n) is 16.5. The standard InChI is InChI=1S/C23H22N4O3/c1-30-21-8-2-16(3-9-21)12-25-22(28)17-4-6-20(7-5-17)26-23(29)27-14-18-10-11-24-13-19(18)15-27/h2-11,13-14,24H,12,15H2,1H3,(H,25,28)(H,26,29). The molecule has 0 bridgehead atoms. The van der Waals surface area contributed by atoms with E-state index in [1.54, 1.807) is 36.3 Å². The van der Waals surface area contributed by atoms with Gasteiger partial charge in [0, 0.05) is 36.4 Å². The Morgan fingerprint density at radius 3 is 2.57 bits per heavy atom. The lowest BCUT2D eigenvalue weighted by Crippen LogP contribution is -2.29. The van der Waals surface area contributed by atoms with Crippen LogP contribution in [0.25, 0.3) is 0 Å². The Morgan fingerprint density at radius 1 is 1.10 bits per heavy atom. The highest BCUT2D eigenvalue weighted by atomic mass is 16.5. The Balaban J connectivity index is 1.31. The van der Waals surface area contributed by atoms with E-state index in [2.05, 4.69) is 16.0 Å². The number of carbonyl (C=O) groups excluding carboxylic acids is 2. The predicted molar refractivity (Wildman–Crippen MR) is 115 cm³/mol.